The molecular formula is C23H18ClNO2S. The van der Waals surface area contributed by atoms with Gasteiger partial charge in [-0.25, -0.2) is 0 Å². The quantitative estimate of drug-likeness (QED) is 0.382. The van der Waals surface area contributed by atoms with Crippen molar-refractivity contribution < 1.29 is 9.90 Å². The third kappa shape index (κ3) is 3.59. The van der Waals surface area contributed by atoms with Crippen LogP contribution in [-0.4, -0.2) is 11.1 Å². The predicted octanol–water partition coefficient (Wildman–Crippen LogP) is 6.27. The number of carboxylic acid groups (broad SMARTS) is 1. The van der Waals surface area contributed by atoms with Gasteiger partial charge < -0.3 is 10.8 Å². The molecule has 0 spiro atoms. The highest BCUT2D eigenvalue weighted by Crippen LogP contribution is 2.43. The van der Waals surface area contributed by atoms with Crippen LogP contribution in [0.3, 0.4) is 0 Å². The molecule has 3 nitrogen and oxygen atoms in total. The van der Waals surface area contributed by atoms with E-state index < -0.39 is 12.0 Å². The summed E-state index contributed by atoms with van der Waals surface area (Å²) in [5.74, 6) is -0.903. The fourth-order valence-electron chi connectivity index (χ4n) is 3.54. The van der Waals surface area contributed by atoms with E-state index in [1.165, 1.54) is 0 Å². The second-order valence-corrected chi connectivity index (χ2v) is 8.11. The van der Waals surface area contributed by atoms with Gasteiger partial charge in [-0.05, 0) is 51.4 Å². The molecule has 0 heterocycles. The highest BCUT2D eigenvalue weighted by Gasteiger charge is 2.20. The van der Waals surface area contributed by atoms with Gasteiger partial charge in [0.25, 0.3) is 0 Å². The van der Waals surface area contributed by atoms with Gasteiger partial charge in [-0.15, -0.1) is 0 Å². The minimum Gasteiger partial charge on any atom is -0.481 e. The monoisotopic (exact) mass is 407 g/mol. The molecule has 4 aromatic carbocycles. The number of aliphatic carboxylic acids is 1. The van der Waals surface area contributed by atoms with Crippen LogP contribution in [0, 0.1) is 0 Å². The van der Waals surface area contributed by atoms with E-state index in [0.29, 0.717) is 5.02 Å². The lowest BCUT2D eigenvalue weighted by molar-refractivity contribution is -0.137. The lowest BCUT2D eigenvalue weighted by atomic mass is 9.91. The zero-order valence-electron chi connectivity index (χ0n) is 14.9. The predicted molar refractivity (Wildman–Crippen MR) is 116 cm³/mol. The summed E-state index contributed by atoms with van der Waals surface area (Å²) in [7, 11) is 0. The molecule has 0 bridgehead atoms. The van der Waals surface area contributed by atoms with Gasteiger partial charge in [0, 0.05) is 20.9 Å². The maximum absolute atomic E-state index is 11.3. The molecule has 4 aromatic rings. The second kappa shape index (κ2) is 7.84. The minimum atomic E-state index is -0.903. The second-order valence-electron chi connectivity index (χ2n) is 6.59. The Morgan fingerprint density at radius 3 is 1.89 bits per heavy atom. The van der Waals surface area contributed by atoms with Crippen molar-refractivity contribution in [3.05, 3.63) is 83.4 Å². The molecule has 0 aliphatic rings. The Balaban J connectivity index is 1.99. The molecule has 28 heavy (non-hydrogen) atoms. The number of hydrogen-bond acceptors (Lipinski definition) is 3. The Morgan fingerprint density at radius 2 is 1.39 bits per heavy atom. The first-order chi connectivity index (χ1) is 13.5. The standard InChI is InChI=1S/C23H18ClNO2S/c24-14-9-11-15(12-10-14)28-23-18-7-3-1-5-16(18)22(20(25)13-21(26)27)17-6-2-4-8-19(17)23/h1-12,20H,13,25H2,(H,26,27). The van der Waals surface area contributed by atoms with E-state index >= 15 is 0 Å². The van der Waals surface area contributed by atoms with E-state index in [0.717, 1.165) is 36.9 Å². The van der Waals surface area contributed by atoms with Crippen LogP contribution in [0.1, 0.15) is 18.0 Å². The lowest BCUT2D eigenvalue weighted by Crippen LogP contribution is -2.16. The molecule has 5 heteroatoms. The lowest BCUT2D eigenvalue weighted by Gasteiger charge is -2.20. The molecule has 1 unspecified atom stereocenters. The normalized spacial score (nSPS) is 12.4. The summed E-state index contributed by atoms with van der Waals surface area (Å²) < 4.78 is 0. The molecule has 0 radical (unpaired) electrons. The first-order valence-corrected chi connectivity index (χ1v) is 10.1. The van der Waals surface area contributed by atoms with Gasteiger partial charge in [-0.3, -0.25) is 4.79 Å². The van der Waals surface area contributed by atoms with Crippen LogP contribution < -0.4 is 5.73 Å². The number of halogens is 1. The summed E-state index contributed by atoms with van der Waals surface area (Å²) in [6, 6.07) is 23.3. The average Bonchev–Trinajstić information content (AvgIpc) is 2.69. The summed E-state index contributed by atoms with van der Waals surface area (Å²) in [6.45, 7) is 0. The summed E-state index contributed by atoms with van der Waals surface area (Å²) in [6.07, 6.45) is -0.113. The minimum absolute atomic E-state index is 0.113. The topological polar surface area (TPSA) is 63.3 Å². The van der Waals surface area contributed by atoms with Crippen LogP contribution >= 0.6 is 23.4 Å². The Morgan fingerprint density at radius 1 is 0.893 bits per heavy atom. The number of benzene rings is 4. The third-order valence-corrected chi connectivity index (χ3v) is 6.13. The average molecular weight is 408 g/mol. The molecule has 0 saturated carbocycles. The van der Waals surface area contributed by atoms with Crippen molar-refractivity contribution in [1.29, 1.82) is 0 Å². The summed E-state index contributed by atoms with van der Waals surface area (Å²) in [5, 5.41) is 14.1. The highest BCUT2D eigenvalue weighted by molar-refractivity contribution is 7.99. The fourth-order valence-corrected chi connectivity index (χ4v) is 4.75. The van der Waals surface area contributed by atoms with Gasteiger partial charge >= 0.3 is 5.97 Å². The maximum Gasteiger partial charge on any atom is 0.305 e. The van der Waals surface area contributed by atoms with E-state index in [2.05, 4.69) is 12.1 Å². The Kier molecular flexibility index (Phi) is 5.27. The van der Waals surface area contributed by atoms with Gasteiger partial charge in [0.15, 0.2) is 0 Å². The van der Waals surface area contributed by atoms with Gasteiger partial charge in [0.05, 0.1) is 6.42 Å². The van der Waals surface area contributed by atoms with E-state index in [-0.39, 0.29) is 6.42 Å². The number of rotatable bonds is 5. The van der Waals surface area contributed by atoms with Crippen molar-refractivity contribution in [2.45, 2.75) is 22.3 Å². The molecular weight excluding hydrogens is 390 g/mol. The Bertz CT molecular complexity index is 1120. The van der Waals surface area contributed by atoms with Crippen molar-refractivity contribution in [3.8, 4) is 0 Å². The number of carboxylic acids is 1. The highest BCUT2D eigenvalue weighted by atomic mass is 35.5. The molecule has 0 saturated heterocycles. The van der Waals surface area contributed by atoms with Crippen LogP contribution in [-0.2, 0) is 4.79 Å². The molecule has 140 valence electrons. The first kappa shape index (κ1) is 18.8. The number of carbonyl (C=O) groups is 1. The number of nitrogens with two attached hydrogens (primary N) is 1. The zero-order valence-corrected chi connectivity index (χ0v) is 16.5. The van der Waals surface area contributed by atoms with E-state index in [1.807, 2.05) is 60.7 Å². The molecule has 0 amide bonds. The number of hydrogen-bond donors (Lipinski definition) is 2. The largest absolute Gasteiger partial charge is 0.481 e. The van der Waals surface area contributed by atoms with Gasteiger partial charge in [0.2, 0.25) is 0 Å². The molecule has 0 fully saturated rings. The van der Waals surface area contributed by atoms with Crippen LogP contribution in [0.4, 0.5) is 0 Å². The van der Waals surface area contributed by atoms with Crippen LogP contribution in [0.5, 0.6) is 0 Å². The van der Waals surface area contributed by atoms with E-state index in [1.54, 1.807) is 11.8 Å². The van der Waals surface area contributed by atoms with Crippen molar-refractivity contribution >= 4 is 50.9 Å². The molecule has 0 aromatic heterocycles. The fraction of sp³-hybridized carbons (Fsp3) is 0.0870. The molecule has 1 atom stereocenters. The van der Waals surface area contributed by atoms with E-state index in [4.69, 9.17) is 17.3 Å². The Hall–Kier alpha value is -2.53. The summed E-state index contributed by atoms with van der Waals surface area (Å²) >= 11 is 7.70. The SMILES string of the molecule is NC(CC(=O)O)c1c2ccccc2c(Sc2ccc(Cl)cc2)c2ccccc12. The maximum atomic E-state index is 11.3. The van der Waals surface area contributed by atoms with Crippen molar-refractivity contribution in [1.82, 2.24) is 0 Å². The smallest absolute Gasteiger partial charge is 0.305 e. The summed E-state index contributed by atoms with van der Waals surface area (Å²) in [4.78, 5) is 13.5. The van der Waals surface area contributed by atoms with Crippen molar-refractivity contribution in [2.24, 2.45) is 5.73 Å². The molecule has 0 aliphatic carbocycles. The summed E-state index contributed by atoms with van der Waals surface area (Å²) in [5.41, 5.74) is 7.23. The van der Waals surface area contributed by atoms with Crippen molar-refractivity contribution in [2.75, 3.05) is 0 Å². The first-order valence-electron chi connectivity index (χ1n) is 8.88. The molecule has 4 rings (SSSR count). The van der Waals surface area contributed by atoms with Crippen LogP contribution in [0.25, 0.3) is 21.5 Å². The molecule has 0 aliphatic heterocycles. The number of fused-ring (bicyclic) bond motifs is 2. The van der Waals surface area contributed by atoms with E-state index in [9.17, 15) is 9.90 Å². The van der Waals surface area contributed by atoms with Crippen LogP contribution in [0.2, 0.25) is 5.02 Å². The zero-order chi connectivity index (χ0) is 19.7. The van der Waals surface area contributed by atoms with Crippen LogP contribution in [0.15, 0.2) is 82.6 Å². The molecule has 3 N–H and O–H groups in total. The van der Waals surface area contributed by atoms with Crippen molar-refractivity contribution in [3.63, 3.8) is 0 Å². The third-order valence-electron chi connectivity index (χ3n) is 4.72. The van der Waals surface area contributed by atoms with Gasteiger partial charge in [-0.2, -0.15) is 0 Å². The Labute approximate surface area is 172 Å². The van der Waals surface area contributed by atoms with Gasteiger partial charge in [-0.1, -0.05) is 71.9 Å². The van der Waals surface area contributed by atoms with Gasteiger partial charge in [0.1, 0.15) is 0 Å².